The molecule has 0 fully saturated rings. The van der Waals surface area contributed by atoms with Gasteiger partial charge in [0.2, 0.25) is 0 Å². The Morgan fingerprint density at radius 1 is 0.667 bits per heavy atom. The van der Waals surface area contributed by atoms with E-state index in [-0.39, 0.29) is 0 Å². The molecule has 0 amide bonds. The highest BCUT2D eigenvalue weighted by Gasteiger charge is 2.45. The quantitative estimate of drug-likeness (QED) is 0.360. The van der Waals surface area contributed by atoms with Crippen molar-refractivity contribution < 1.29 is 13.3 Å². The van der Waals surface area contributed by atoms with Crippen molar-refractivity contribution in [3.05, 3.63) is 97.1 Å². The summed E-state index contributed by atoms with van der Waals surface area (Å²) in [6.07, 6.45) is 1.91. The van der Waals surface area contributed by atoms with Crippen LogP contribution in [0.1, 0.15) is 5.56 Å². The van der Waals surface area contributed by atoms with Gasteiger partial charge in [-0.2, -0.15) is 0 Å². The van der Waals surface area contributed by atoms with Crippen LogP contribution in [0, 0.1) is 0 Å². The van der Waals surface area contributed by atoms with Crippen LogP contribution in [0.3, 0.4) is 0 Å². The van der Waals surface area contributed by atoms with E-state index < -0.39 is 16.9 Å². The second kappa shape index (κ2) is 10.2. The van der Waals surface area contributed by atoms with E-state index in [0.29, 0.717) is 0 Å². The zero-order valence-electron chi connectivity index (χ0n) is 18.0. The first-order valence-electron chi connectivity index (χ1n) is 10.1. The third kappa shape index (κ3) is 4.40. The molecule has 0 aliphatic rings. The molecule has 0 atom stereocenters. The van der Waals surface area contributed by atoms with Crippen molar-refractivity contribution in [3.63, 3.8) is 0 Å². The molecule has 0 N–H and O–H groups in total. The molecule has 0 saturated carbocycles. The van der Waals surface area contributed by atoms with Crippen LogP contribution in [0.25, 0.3) is 6.08 Å². The van der Waals surface area contributed by atoms with Crippen molar-refractivity contribution in [1.29, 1.82) is 0 Å². The van der Waals surface area contributed by atoms with Gasteiger partial charge in [-0.05, 0) is 27.2 Å². The molecule has 0 aromatic heterocycles. The number of hydrogen-bond donors (Lipinski definition) is 0. The van der Waals surface area contributed by atoms with Crippen molar-refractivity contribution in [3.8, 4) is 0 Å². The van der Waals surface area contributed by atoms with Crippen LogP contribution in [-0.4, -0.2) is 38.2 Å². The molecule has 0 saturated heterocycles. The molecule has 0 heterocycles. The molecule has 5 heteroatoms. The van der Waals surface area contributed by atoms with Crippen LogP contribution in [0.4, 0.5) is 0 Å². The maximum atomic E-state index is 5.78. The minimum absolute atomic E-state index is 0.741. The third-order valence-electron chi connectivity index (χ3n) is 5.89. The fourth-order valence-electron chi connectivity index (χ4n) is 4.21. The van der Waals surface area contributed by atoms with Crippen LogP contribution in [-0.2, 0) is 13.3 Å². The van der Waals surface area contributed by atoms with E-state index in [1.165, 1.54) is 15.6 Å². The highest BCUT2D eigenvalue weighted by Crippen LogP contribution is 2.23. The molecule has 0 aliphatic carbocycles. The Bertz CT molecular complexity index is 893. The first-order valence-corrected chi connectivity index (χ1v) is 14.3. The first-order chi connectivity index (χ1) is 14.6. The van der Waals surface area contributed by atoms with Gasteiger partial charge in [-0.3, -0.25) is 0 Å². The Morgan fingerprint density at radius 2 is 1.17 bits per heavy atom. The molecule has 30 heavy (non-hydrogen) atoms. The highest BCUT2D eigenvalue weighted by molar-refractivity contribution is 7.11. The molecule has 3 nitrogen and oxygen atoms in total. The molecule has 156 valence electrons. The van der Waals surface area contributed by atoms with E-state index in [1.54, 1.807) is 21.3 Å². The van der Waals surface area contributed by atoms with Gasteiger partial charge in [0, 0.05) is 27.4 Å². The Morgan fingerprint density at radius 3 is 1.63 bits per heavy atom. The fraction of sp³-hybridized carbons (Fsp3) is 0.200. The van der Waals surface area contributed by atoms with Crippen molar-refractivity contribution in [2.24, 2.45) is 0 Å². The molecular formula is C25H30O3Si2. The van der Waals surface area contributed by atoms with Gasteiger partial charge < -0.3 is 13.3 Å². The summed E-state index contributed by atoms with van der Waals surface area (Å²) in [5.74, 6) is 0. The molecule has 3 aromatic rings. The fourth-order valence-corrected chi connectivity index (χ4v) is 12.2. The van der Waals surface area contributed by atoms with Gasteiger partial charge in [0.1, 0.15) is 8.07 Å². The Labute approximate surface area is 182 Å². The van der Waals surface area contributed by atoms with Gasteiger partial charge in [0.15, 0.2) is 0 Å². The highest BCUT2D eigenvalue weighted by atomic mass is 28.4. The van der Waals surface area contributed by atoms with Crippen molar-refractivity contribution in [2.75, 3.05) is 21.3 Å². The Balaban J connectivity index is 2.25. The summed E-state index contributed by atoms with van der Waals surface area (Å²) in [5.41, 5.74) is 1.13. The van der Waals surface area contributed by atoms with Crippen molar-refractivity contribution >= 4 is 38.5 Å². The van der Waals surface area contributed by atoms with Gasteiger partial charge in [-0.1, -0.05) is 97.6 Å². The third-order valence-corrected chi connectivity index (χ3v) is 14.1. The summed E-state index contributed by atoms with van der Waals surface area (Å²) >= 11 is 0. The minimum Gasteiger partial charge on any atom is -0.377 e. The lowest BCUT2D eigenvalue weighted by Crippen LogP contribution is -2.67. The topological polar surface area (TPSA) is 27.7 Å². The first kappa shape index (κ1) is 22.4. The maximum Gasteiger partial charge on any atom is 0.499 e. The second-order valence-electron chi connectivity index (χ2n) is 7.26. The van der Waals surface area contributed by atoms with Gasteiger partial charge in [-0.25, -0.2) is 0 Å². The van der Waals surface area contributed by atoms with E-state index in [4.69, 9.17) is 13.3 Å². The molecule has 0 radical (unpaired) electrons. The van der Waals surface area contributed by atoms with Crippen LogP contribution < -0.4 is 15.6 Å². The van der Waals surface area contributed by atoms with E-state index in [0.717, 1.165) is 17.7 Å². The van der Waals surface area contributed by atoms with Crippen LogP contribution in [0.5, 0.6) is 0 Å². The molecule has 0 aliphatic heterocycles. The van der Waals surface area contributed by atoms with E-state index in [2.05, 4.69) is 91.5 Å². The van der Waals surface area contributed by atoms with Crippen LogP contribution in [0.2, 0.25) is 12.1 Å². The van der Waals surface area contributed by atoms with Crippen molar-refractivity contribution in [1.82, 2.24) is 0 Å². The summed E-state index contributed by atoms with van der Waals surface area (Å²) in [5, 5.41) is 4.08. The summed E-state index contributed by atoms with van der Waals surface area (Å²) in [4.78, 5) is 0. The number of rotatable bonds is 10. The zero-order chi connectivity index (χ0) is 21.5. The lowest BCUT2D eigenvalue weighted by molar-refractivity contribution is 0.125. The van der Waals surface area contributed by atoms with Crippen LogP contribution in [0.15, 0.2) is 91.5 Å². The number of hydrogen-bond acceptors (Lipinski definition) is 3. The smallest absolute Gasteiger partial charge is 0.377 e. The Kier molecular flexibility index (Phi) is 7.58. The summed E-state index contributed by atoms with van der Waals surface area (Å²) < 4.78 is 17.4. The molecule has 0 bridgehead atoms. The molecular weight excluding hydrogens is 404 g/mol. The van der Waals surface area contributed by atoms with Gasteiger partial charge in [0.05, 0.1) is 0 Å². The van der Waals surface area contributed by atoms with Gasteiger partial charge >= 0.3 is 8.80 Å². The summed E-state index contributed by atoms with van der Waals surface area (Å²) in [6, 6.07) is 32.1. The molecule has 3 rings (SSSR count). The largest absolute Gasteiger partial charge is 0.499 e. The normalized spacial score (nSPS) is 12.0. The van der Waals surface area contributed by atoms with Gasteiger partial charge in [-0.15, -0.1) is 0 Å². The lowest BCUT2D eigenvalue weighted by atomic mass is 10.2. The van der Waals surface area contributed by atoms with E-state index >= 15 is 0 Å². The van der Waals surface area contributed by atoms with Gasteiger partial charge in [0.25, 0.3) is 0 Å². The maximum absolute atomic E-state index is 5.78. The Hall–Kier alpha value is -2.29. The lowest BCUT2D eigenvalue weighted by Gasteiger charge is -2.36. The summed E-state index contributed by atoms with van der Waals surface area (Å²) in [7, 11) is -0.0573. The average molecular weight is 435 g/mol. The monoisotopic (exact) mass is 434 g/mol. The molecule has 3 aromatic carbocycles. The predicted octanol–water partition coefficient (Wildman–Crippen LogP) is 3.68. The predicted molar refractivity (Wildman–Crippen MR) is 130 cm³/mol. The summed E-state index contributed by atoms with van der Waals surface area (Å²) in [6.45, 7) is 3.99. The standard InChI is InChI=1S/C25H30O3Si2/c1-5-22-13-12-18-25(21-22)29(23-14-8-6-9-15-23,24-16-10-7-11-17-24)19-20-30(26-2,27-3)28-4/h5-18,21H,1,19-20H2,2-4H3. The average Bonchev–Trinajstić information content (AvgIpc) is 2.84. The molecule has 0 spiro atoms. The van der Waals surface area contributed by atoms with Crippen LogP contribution >= 0.6 is 0 Å². The SMILES string of the molecule is C=Cc1cccc([Si](CC[Si](OC)(OC)OC)(c2ccccc2)c2ccccc2)c1. The second-order valence-corrected chi connectivity index (χ2v) is 14.4. The van der Waals surface area contributed by atoms with Crippen molar-refractivity contribution in [2.45, 2.75) is 12.1 Å². The minimum atomic E-state index is -2.73. The molecule has 0 unspecified atom stereocenters. The zero-order valence-corrected chi connectivity index (χ0v) is 20.0. The van der Waals surface area contributed by atoms with E-state index in [1.807, 2.05) is 6.08 Å². The number of benzene rings is 3. The van der Waals surface area contributed by atoms with E-state index in [9.17, 15) is 0 Å².